The second kappa shape index (κ2) is 8.73. The van der Waals surface area contributed by atoms with E-state index >= 15 is 0 Å². The highest BCUT2D eigenvalue weighted by Gasteiger charge is 2.17. The van der Waals surface area contributed by atoms with E-state index in [1.807, 2.05) is 0 Å². The molecule has 23 heavy (non-hydrogen) atoms. The number of hydrogen-bond acceptors (Lipinski definition) is 3. The zero-order valence-corrected chi connectivity index (χ0v) is 13.5. The molecule has 10 heteroatoms. The number of carboxylic acids is 1. The molecule has 6 nitrogen and oxygen atoms in total. The van der Waals surface area contributed by atoms with E-state index in [0.717, 1.165) is 4.90 Å². The Hall–Kier alpha value is -1.80. The lowest BCUT2D eigenvalue weighted by atomic mass is 10.2. The lowest BCUT2D eigenvalue weighted by Gasteiger charge is -2.18. The van der Waals surface area contributed by atoms with E-state index < -0.39 is 18.6 Å². The molecular weight excluding hydrogens is 357 g/mol. The maximum absolute atomic E-state index is 12.4. The predicted octanol–water partition coefficient (Wildman–Crippen LogP) is 3.21. The fourth-order valence-corrected chi connectivity index (χ4v) is 2.22. The van der Waals surface area contributed by atoms with Crippen molar-refractivity contribution in [2.45, 2.75) is 19.6 Å². The molecule has 2 N–H and O–H groups in total. The van der Waals surface area contributed by atoms with Crippen LogP contribution in [0.25, 0.3) is 0 Å². The Morgan fingerprint density at radius 3 is 2.61 bits per heavy atom. The quantitative estimate of drug-likeness (QED) is 0.772. The van der Waals surface area contributed by atoms with Crippen LogP contribution in [0.4, 0.5) is 13.6 Å². The van der Waals surface area contributed by atoms with Crippen molar-refractivity contribution in [1.82, 2.24) is 10.2 Å². The zero-order valence-electron chi connectivity index (χ0n) is 12.0. The molecule has 1 rings (SSSR count). The van der Waals surface area contributed by atoms with Crippen molar-refractivity contribution in [3.8, 4) is 5.75 Å². The summed E-state index contributed by atoms with van der Waals surface area (Å²) in [6.07, 6.45) is -0.216. The largest absolute Gasteiger partial charge is 0.481 e. The molecule has 0 aliphatic heterocycles. The van der Waals surface area contributed by atoms with Crippen LogP contribution in [0.3, 0.4) is 0 Å². The molecule has 1 aromatic rings. The fourth-order valence-electron chi connectivity index (χ4n) is 1.64. The summed E-state index contributed by atoms with van der Waals surface area (Å²) in [5.74, 6) is -1.32. The van der Waals surface area contributed by atoms with Gasteiger partial charge in [0.05, 0.1) is 11.4 Å². The number of alkyl halides is 2. The lowest BCUT2D eigenvalue weighted by Crippen LogP contribution is -2.38. The third-order valence-corrected chi connectivity index (χ3v) is 3.23. The number of nitrogens with one attached hydrogen (secondary N) is 1. The number of amides is 2. The van der Waals surface area contributed by atoms with E-state index in [0.29, 0.717) is 0 Å². The Labute approximate surface area is 140 Å². The normalized spacial score (nSPS) is 10.5. The van der Waals surface area contributed by atoms with Gasteiger partial charge in [0.1, 0.15) is 5.75 Å². The summed E-state index contributed by atoms with van der Waals surface area (Å²) in [6.45, 7) is -3.25. The smallest absolute Gasteiger partial charge is 0.387 e. The summed E-state index contributed by atoms with van der Waals surface area (Å²) in [7, 11) is 1.40. The molecule has 2 amide bonds. The number of rotatable bonds is 7. The van der Waals surface area contributed by atoms with Crippen molar-refractivity contribution in [3.63, 3.8) is 0 Å². The van der Waals surface area contributed by atoms with Crippen LogP contribution >= 0.6 is 23.2 Å². The molecule has 0 aliphatic rings. The summed E-state index contributed by atoms with van der Waals surface area (Å²) < 4.78 is 29.2. The van der Waals surface area contributed by atoms with E-state index in [-0.39, 0.29) is 40.9 Å². The minimum atomic E-state index is -3.08. The Morgan fingerprint density at radius 2 is 2.04 bits per heavy atom. The van der Waals surface area contributed by atoms with Crippen LogP contribution in [0.2, 0.25) is 10.0 Å². The van der Waals surface area contributed by atoms with Crippen LogP contribution in [0, 0.1) is 0 Å². The third-order valence-electron chi connectivity index (χ3n) is 2.73. The molecule has 0 fully saturated rings. The first kappa shape index (κ1) is 19.2. The molecule has 0 bridgehead atoms. The summed E-state index contributed by atoms with van der Waals surface area (Å²) >= 11 is 11.6. The Bertz CT molecular complexity index is 587. The molecule has 1 aromatic carbocycles. The molecule has 0 saturated carbocycles. The first-order valence-corrected chi connectivity index (χ1v) is 7.09. The lowest BCUT2D eigenvalue weighted by molar-refractivity contribution is -0.137. The van der Waals surface area contributed by atoms with Gasteiger partial charge in [-0.1, -0.05) is 23.2 Å². The summed E-state index contributed by atoms with van der Waals surface area (Å²) in [6, 6.07) is 2.00. The SMILES string of the molecule is CN(CCC(=O)O)C(=O)NCc1cc(Cl)cc(Cl)c1OC(F)F. The van der Waals surface area contributed by atoms with Crippen molar-refractivity contribution in [2.24, 2.45) is 0 Å². The van der Waals surface area contributed by atoms with Crippen LogP contribution in [-0.2, 0) is 11.3 Å². The average Bonchev–Trinajstić information content (AvgIpc) is 2.44. The van der Waals surface area contributed by atoms with Crippen molar-refractivity contribution < 1.29 is 28.2 Å². The number of carbonyl (C=O) groups excluding carboxylic acids is 1. The maximum atomic E-state index is 12.4. The highest BCUT2D eigenvalue weighted by atomic mass is 35.5. The fraction of sp³-hybridized carbons (Fsp3) is 0.385. The molecule has 0 aliphatic carbocycles. The highest BCUT2D eigenvalue weighted by Crippen LogP contribution is 2.33. The van der Waals surface area contributed by atoms with Gasteiger partial charge in [0.2, 0.25) is 0 Å². The summed E-state index contributed by atoms with van der Waals surface area (Å²) in [5, 5.41) is 11.1. The van der Waals surface area contributed by atoms with Gasteiger partial charge in [-0.2, -0.15) is 8.78 Å². The third kappa shape index (κ3) is 6.45. The topological polar surface area (TPSA) is 78.9 Å². The number of hydrogen-bond donors (Lipinski definition) is 2. The summed E-state index contributed by atoms with van der Waals surface area (Å²) in [5.41, 5.74) is 0.169. The van der Waals surface area contributed by atoms with Gasteiger partial charge in [-0.15, -0.1) is 0 Å². The zero-order chi connectivity index (χ0) is 17.6. The van der Waals surface area contributed by atoms with E-state index in [1.54, 1.807) is 0 Å². The van der Waals surface area contributed by atoms with E-state index in [1.165, 1.54) is 19.2 Å². The van der Waals surface area contributed by atoms with E-state index in [4.69, 9.17) is 28.3 Å². The van der Waals surface area contributed by atoms with Crippen molar-refractivity contribution in [3.05, 3.63) is 27.7 Å². The van der Waals surface area contributed by atoms with Crippen molar-refractivity contribution in [1.29, 1.82) is 0 Å². The summed E-state index contributed by atoms with van der Waals surface area (Å²) in [4.78, 5) is 23.4. The first-order chi connectivity index (χ1) is 10.7. The molecule has 128 valence electrons. The van der Waals surface area contributed by atoms with E-state index in [9.17, 15) is 18.4 Å². The second-order valence-electron chi connectivity index (χ2n) is 4.48. The second-order valence-corrected chi connectivity index (χ2v) is 5.32. The standard InChI is InChI=1S/C13H14Cl2F2N2O4/c1-19(3-2-10(20)21)13(22)18-6-7-4-8(14)5-9(15)11(7)23-12(16)17/h4-5,12H,2-3,6H2,1H3,(H,18,22)(H,20,21). The minimum absolute atomic E-state index is 0.00212. The maximum Gasteiger partial charge on any atom is 0.387 e. The number of urea groups is 1. The number of carboxylic acid groups (broad SMARTS) is 1. The van der Waals surface area contributed by atoms with Gasteiger partial charge >= 0.3 is 18.6 Å². The molecule has 0 atom stereocenters. The Balaban J connectivity index is 2.76. The first-order valence-electron chi connectivity index (χ1n) is 6.34. The number of ether oxygens (including phenoxy) is 1. The molecule has 0 radical (unpaired) electrons. The molecule has 0 spiro atoms. The predicted molar refractivity (Wildman–Crippen MR) is 80.2 cm³/mol. The van der Waals surface area contributed by atoms with Crippen molar-refractivity contribution in [2.75, 3.05) is 13.6 Å². The monoisotopic (exact) mass is 370 g/mol. The average molecular weight is 371 g/mol. The van der Waals surface area contributed by atoms with Gasteiger partial charge in [0, 0.05) is 30.7 Å². The minimum Gasteiger partial charge on any atom is -0.481 e. The Morgan fingerprint density at radius 1 is 1.39 bits per heavy atom. The van der Waals surface area contributed by atoms with Gasteiger partial charge in [0.25, 0.3) is 0 Å². The van der Waals surface area contributed by atoms with E-state index in [2.05, 4.69) is 10.1 Å². The molecule has 0 saturated heterocycles. The Kier molecular flexibility index (Phi) is 7.31. The molecule has 0 aromatic heterocycles. The molecule has 0 heterocycles. The van der Waals surface area contributed by atoms with Gasteiger partial charge in [0.15, 0.2) is 0 Å². The van der Waals surface area contributed by atoms with Gasteiger partial charge < -0.3 is 20.1 Å². The van der Waals surface area contributed by atoms with Crippen LogP contribution in [0.15, 0.2) is 12.1 Å². The number of halogens is 4. The van der Waals surface area contributed by atoms with Gasteiger partial charge in [-0.3, -0.25) is 4.79 Å². The molecule has 0 unspecified atom stereocenters. The van der Waals surface area contributed by atoms with Crippen LogP contribution in [0.1, 0.15) is 12.0 Å². The molecular formula is C13H14Cl2F2N2O4. The highest BCUT2D eigenvalue weighted by molar-refractivity contribution is 6.35. The van der Waals surface area contributed by atoms with Crippen LogP contribution in [0.5, 0.6) is 5.75 Å². The number of carbonyl (C=O) groups is 2. The van der Waals surface area contributed by atoms with Gasteiger partial charge in [-0.05, 0) is 12.1 Å². The van der Waals surface area contributed by atoms with Crippen LogP contribution in [-0.4, -0.2) is 42.2 Å². The van der Waals surface area contributed by atoms with Crippen molar-refractivity contribution >= 4 is 35.2 Å². The van der Waals surface area contributed by atoms with Crippen LogP contribution < -0.4 is 10.1 Å². The van der Waals surface area contributed by atoms with Gasteiger partial charge in [-0.25, -0.2) is 4.79 Å². The number of aliphatic carboxylic acids is 1. The number of benzene rings is 1. The number of nitrogens with zero attached hydrogens (tertiary/aromatic N) is 1.